The Balaban J connectivity index is 1.37. The molecule has 0 aliphatic heterocycles. The molecule has 0 heterocycles. The average Bonchev–Trinajstić information content (AvgIpc) is 3.32. The van der Waals surface area contributed by atoms with Crippen molar-refractivity contribution in [2.24, 2.45) is 5.92 Å². The molecule has 1 aliphatic carbocycles. The van der Waals surface area contributed by atoms with E-state index in [1.807, 2.05) is 55.5 Å². The Kier molecular flexibility index (Phi) is 9.68. The summed E-state index contributed by atoms with van der Waals surface area (Å²) in [5, 5.41) is 15.0. The molecule has 10 heteroatoms. The Morgan fingerprint density at radius 2 is 1.73 bits per heavy atom. The van der Waals surface area contributed by atoms with Crippen LogP contribution in [0.2, 0.25) is 10.0 Å². The molecular formula is C31H31Cl2N3O5. The number of halogens is 2. The second-order valence-electron chi connectivity index (χ2n) is 10.3. The van der Waals surface area contributed by atoms with Crippen LogP contribution >= 0.6 is 23.2 Å². The standard InChI is InChI=1S/C31H31Cl2N3O5/c1-18-6-5-7-19(12-18)17-36(2)29(38)21-13-24(32)28(25(33)14-21)27(37)15-22(30(39)40)16-34-31(41)35-26-11-10-20-8-3-4-9-23(20)26/h3-9,12-14,22,26H,10-11,15-17H2,1-2H3,(H,39,40)(H2,34,35,41). The van der Waals surface area contributed by atoms with Gasteiger partial charge in [0, 0.05) is 32.1 Å². The molecule has 3 amide bonds. The predicted octanol–water partition coefficient (Wildman–Crippen LogP) is 5.83. The van der Waals surface area contributed by atoms with Gasteiger partial charge in [0.05, 0.1) is 27.6 Å². The van der Waals surface area contributed by atoms with Gasteiger partial charge in [0.1, 0.15) is 0 Å². The molecule has 3 aromatic rings. The van der Waals surface area contributed by atoms with E-state index in [1.54, 1.807) is 7.05 Å². The monoisotopic (exact) mass is 595 g/mol. The smallest absolute Gasteiger partial charge is 0.315 e. The number of nitrogens with one attached hydrogen (secondary N) is 2. The minimum absolute atomic E-state index is 0.0513. The highest BCUT2D eigenvalue weighted by Gasteiger charge is 2.28. The number of urea groups is 1. The lowest BCUT2D eigenvalue weighted by Crippen LogP contribution is -2.41. The van der Waals surface area contributed by atoms with Crippen molar-refractivity contribution in [1.29, 1.82) is 0 Å². The number of aryl methyl sites for hydroxylation is 2. The van der Waals surface area contributed by atoms with Gasteiger partial charge in [0.15, 0.2) is 5.78 Å². The molecular weight excluding hydrogens is 565 g/mol. The zero-order valence-electron chi connectivity index (χ0n) is 22.7. The van der Waals surface area contributed by atoms with Gasteiger partial charge < -0.3 is 20.6 Å². The van der Waals surface area contributed by atoms with Gasteiger partial charge in [-0.05, 0) is 48.6 Å². The molecule has 0 fully saturated rings. The number of Topliss-reactive ketones (excluding diaryl/α,β-unsaturated/α-hetero) is 1. The van der Waals surface area contributed by atoms with Crippen molar-refractivity contribution in [3.05, 3.63) is 104 Å². The first-order valence-electron chi connectivity index (χ1n) is 13.2. The topological polar surface area (TPSA) is 116 Å². The molecule has 0 bridgehead atoms. The van der Waals surface area contributed by atoms with Gasteiger partial charge in [-0.3, -0.25) is 14.4 Å². The second kappa shape index (κ2) is 13.2. The quantitative estimate of drug-likeness (QED) is 0.255. The van der Waals surface area contributed by atoms with Crippen molar-refractivity contribution in [3.63, 3.8) is 0 Å². The molecule has 3 aromatic carbocycles. The number of nitrogens with zero attached hydrogens (tertiary/aromatic N) is 1. The van der Waals surface area contributed by atoms with Crippen molar-refractivity contribution >= 4 is 46.9 Å². The van der Waals surface area contributed by atoms with Crippen LogP contribution in [0.15, 0.2) is 60.7 Å². The SMILES string of the molecule is Cc1cccc(CN(C)C(=O)c2cc(Cl)c(C(=O)CC(CNC(=O)NC3CCc4ccccc43)C(=O)O)c(Cl)c2)c1. The van der Waals surface area contributed by atoms with Crippen molar-refractivity contribution in [2.45, 2.75) is 38.8 Å². The maximum Gasteiger partial charge on any atom is 0.315 e. The Morgan fingerprint density at radius 1 is 1.02 bits per heavy atom. The Hall–Kier alpha value is -3.88. The van der Waals surface area contributed by atoms with E-state index in [0.717, 1.165) is 29.5 Å². The third-order valence-electron chi connectivity index (χ3n) is 7.15. The summed E-state index contributed by atoms with van der Waals surface area (Å²) >= 11 is 12.8. The summed E-state index contributed by atoms with van der Waals surface area (Å²) in [7, 11) is 1.65. The van der Waals surface area contributed by atoms with Gasteiger partial charge in [0.25, 0.3) is 5.91 Å². The number of carbonyl (C=O) groups is 4. The summed E-state index contributed by atoms with van der Waals surface area (Å²) in [6, 6.07) is 17.7. The van der Waals surface area contributed by atoms with Crippen LogP contribution in [0.25, 0.3) is 0 Å². The number of ketones is 1. The van der Waals surface area contributed by atoms with Crippen LogP contribution in [-0.4, -0.2) is 47.3 Å². The highest BCUT2D eigenvalue weighted by atomic mass is 35.5. The molecule has 0 saturated carbocycles. The molecule has 41 heavy (non-hydrogen) atoms. The fraction of sp³-hybridized carbons (Fsp3) is 0.290. The molecule has 2 unspecified atom stereocenters. The van der Waals surface area contributed by atoms with Gasteiger partial charge >= 0.3 is 12.0 Å². The summed E-state index contributed by atoms with van der Waals surface area (Å²) < 4.78 is 0. The highest BCUT2D eigenvalue weighted by Crippen LogP contribution is 2.31. The summed E-state index contributed by atoms with van der Waals surface area (Å²) in [6.07, 6.45) is 1.16. The summed E-state index contributed by atoms with van der Waals surface area (Å²) in [5.41, 5.74) is 4.39. The normalized spacial score (nSPS) is 14.6. The fourth-order valence-electron chi connectivity index (χ4n) is 5.04. The number of hydrogen-bond acceptors (Lipinski definition) is 4. The number of fused-ring (bicyclic) bond motifs is 1. The average molecular weight is 597 g/mol. The van der Waals surface area contributed by atoms with Crippen LogP contribution in [-0.2, 0) is 17.8 Å². The Morgan fingerprint density at radius 3 is 2.41 bits per heavy atom. The lowest BCUT2D eigenvalue weighted by atomic mass is 9.97. The van der Waals surface area contributed by atoms with Gasteiger partial charge in [-0.1, -0.05) is 77.3 Å². The van der Waals surface area contributed by atoms with Gasteiger partial charge in [-0.2, -0.15) is 0 Å². The molecule has 2 atom stereocenters. The zero-order valence-corrected chi connectivity index (χ0v) is 24.3. The van der Waals surface area contributed by atoms with Crippen molar-refractivity contribution < 1.29 is 24.3 Å². The fourth-order valence-corrected chi connectivity index (χ4v) is 5.74. The first-order valence-corrected chi connectivity index (χ1v) is 14.0. The van der Waals surface area contributed by atoms with E-state index < -0.39 is 30.1 Å². The van der Waals surface area contributed by atoms with Crippen molar-refractivity contribution in [2.75, 3.05) is 13.6 Å². The van der Waals surface area contributed by atoms with Crippen LogP contribution in [0.1, 0.15) is 61.9 Å². The van der Waals surface area contributed by atoms with Gasteiger partial charge in [-0.25, -0.2) is 4.79 Å². The van der Waals surface area contributed by atoms with E-state index >= 15 is 0 Å². The number of carboxylic acids is 1. The van der Waals surface area contributed by atoms with Crippen LogP contribution in [0.4, 0.5) is 4.79 Å². The maximum absolute atomic E-state index is 13.1. The van der Waals surface area contributed by atoms with E-state index in [9.17, 15) is 24.3 Å². The number of aliphatic carboxylic acids is 1. The van der Waals surface area contributed by atoms with E-state index in [2.05, 4.69) is 10.6 Å². The van der Waals surface area contributed by atoms with E-state index in [0.29, 0.717) is 6.54 Å². The minimum Gasteiger partial charge on any atom is -0.481 e. The van der Waals surface area contributed by atoms with Crippen LogP contribution in [0.3, 0.4) is 0 Å². The lowest BCUT2D eigenvalue weighted by Gasteiger charge is -2.19. The molecule has 3 N–H and O–H groups in total. The first-order chi connectivity index (χ1) is 19.5. The molecule has 1 aliphatic rings. The molecule has 214 valence electrons. The number of carboxylic acid groups (broad SMARTS) is 1. The Bertz CT molecular complexity index is 1470. The van der Waals surface area contributed by atoms with E-state index in [4.69, 9.17) is 23.2 Å². The number of hydrogen-bond donors (Lipinski definition) is 3. The molecule has 0 aromatic heterocycles. The Labute approximate surface area is 248 Å². The lowest BCUT2D eigenvalue weighted by molar-refractivity contribution is -0.141. The van der Waals surface area contributed by atoms with E-state index in [-0.39, 0.29) is 39.7 Å². The third-order valence-corrected chi connectivity index (χ3v) is 7.74. The zero-order chi connectivity index (χ0) is 29.7. The molecule has 4 rings (SSSR count). The first kappa shape index (κ1) is 30.1. The number of amides is 3. The number of benzene rings is 3. The van der Waals surface area contributed by atoms with Crippen LogP contribution in [0.5, 0.6) is 0 Å². The van der Waals surface area contributed by atoms with Crippen LogP contribution in [0, 0.1) is 12.8 Å². The summed E-state index contributed by atoms with van der Waals surface area (Å²) in [5.74, 6) is -3.40. The number of carbonyl (C=O) groups excluding carboxylic acids is 3. The third kappa shape index (κ3) is 7.45. The summed E-state index contributed by atoms with van der Waals surface area (Å²) in [4.78, 5) is 52.1. The molecule has 8 nitrogen and oxygen atoms in total. The van der Waals surface area contributed by atoms with Crippen molar-refractivity contribution in [3.8, 4) is 0 Å². The minimum atomic E-state index is -1.25. The van der Waals surface area contributed by atoms with Gasteiger partial charge in [0.2, 0.25) is 0 Å². The highest BCUT2D eigenvalue weighted by molar-refractivity contribution is 6.40. The largest absolute Gasteiger partial charge is 0.481 e. The molecule has 0 spiro atoms. The second-order valence-corrected chi connectivity index (χ2v) is 11.1. The molecule has 0 saturated heterocycles. The number of rotatable bonds is 10. The van der Waals surface area contributed by atoms with Crippen LogP contribution < -0.4 is 10.6 Å². The summed E-state index contributed by atoms with van der Waals surface area (Å²) in [6.45, 7) is 2.07. The van der Waals surface area contributed by atoms with Crippen molar-refractivity contribution in [1.82, 2.24) is 15.5 Å². The maximum atomic E-state index is 13.1. The van der Waals surface area contributed by atoms with Gasteiger partial charge in [-0.15, -0.1) is 0 Å². The predicted molar refractivity (Wildman–Crippen MR) is 158 cm³/mol. The molecule has 0 radical (unpaired) electrons. The van der Waals surface area contributed by atoms with E-state index in [1.165, 1.54) is 22.6 Å².